The summed E-state index contributed by atoms with van der Waals surface area (Å²) in [7, 11) is 0. The van der Waals surface area contributed by atoms with Gasteiger partial charge >= 0.3 is 0 Å². The molecule has 1 amide bonds. The highest BCUT2D eigenvalue weighted by molar-refractivity contribution is 7.99. The number of hydrogen-bond acceptors (Lipinski definition) is 3. The van der Waals surface area contributed by atoms with Crippen molar-refractivity contribution < 1.29 is 4.79 Å². The number of thioether (sulfide) groups is 1. The maximum atomic E-state index is 11.7. The fourth-order valence-electron chi connectivity index (χ4n) is 2.37. The normalized spacial score (nSPS) is 22.8. The lowest BCUT2D eigenvalue weighted by Crippen LogP contribution is -2.25. The molecule has 1 unspecified atom stereocenters. The van der Waals surface area contributed by atoms with Crippen LogP contribution in [0.2, 0.25) is 0 Å². The van der Waals surface area contributed by atoms with Crippen LogP contribution in [0.3, 0.4) is 0 Å². The van der Waals surface area contributed by atoms with Gasteiger partial charge in [-0.25, -0.2) is 0 Å². The second-order valence-corrected chi connectivity index (χ2v) is 6.55. The van der Waals surface area contributed by atoms with E-state index in [0.29, 0.717) is 6.04 Å². The molecule has 1 aromatic rings. The van der Waals surface area contributed by atoms with Crippen LogP contribution >= 0.6 is 11.8 Å². The van der Waals surface area contributed by atoms with E-state index in [1.54, 1.807) is 0 Å². The van der Waals surface area contributed by atoms with Crippen molar-refractivity contribution in [1.29, 1.82) is 0 Å². The Morgan fingerprint density at radius 2 is 2.05 bits per heavy atom. The molecule has 1 atom stereocenters. The van der Waals surface area contributed by atoms with Gasteiger partial charge in [-0.1, -0.05) is 6.07 Å². The Morgan fingerprint density at radius 3 is 2.79 bits per heavy atom. The Labute approximate surface area is 118 Å². The monoisotopic (exact) mass is 276 g/mol. The number of rotatable bonds is 4. The van der Waals surface area contributed by atoms with E-state index in [1.807, 2.05) is 30.0 Å². The quantitative estimate of drug-likeness (QED) is 0.886. The first-order chi connectivity index (χ1) is 9.31. The van der Waals surface area contributed by atoms with Gasteiger partial charge in [-0.3, -0.25) is 4.79 Å². The summed E-state index contributed by atoms with van der Waals surface area (Å²) in [6.07, 6.45) is 4.62. The van der Waals surface area contributed by atoms with Gasteiger partial charge in [0.25, 0.3) is 0 Å². The van der Waals surface area contributed by atoms with Crippen LogP contribution in [0.15, 0.2) is 24.3 Å². The number of nitrogens with one attached hydrogen (secondary N) is 2. The molecule has 1 saturated heterocycles. The van der Waals surface area contributed by atoms with Gasteiger partial charge < -0.3 is 10.6 Å². The highest BCUT2D eigenvalue weighted by Gasteiger charge is 2.29. The zero-order valence-corrected chi connectivity index (χ0v) is 11.8. The Kier molecular flexibility index (Phi) is 3.97. The molecule has 3 nitrogen and oxygen atoms in total. The minimum absolute atomic E-state index is 0.172. The van der Waals surface area contributed by atoms with Crippen LogP contribution in [0.1, 0.15) is 25.7 Å². The van der Waals surface area contributed by atoms with Crippen molar-refractivity contribution in [2.75, 3.05) is 22.1 Å². The molecule has 1 saturated carbocycles. The lowest BCUT2D eigenvalue weighted by Gasteiger charge is -2.23. The van der Waals surface area contributed by atoms with E-state index in [1.165, 1.54) is 24.3 Å². The predicted molar refractivity (Wildman–Crippen MR) is 81.8 cm³/mol. The minimum atomic E-state index is 0.172. The van der Waals surface area contributed by atoms with Gasteiger partial charge in [-0.05, 0) is 49.6 Å². The maximum Gasteiger partial charge on any atom is 0.227 e. The summed E-state index contributed by atoms with van der Waals surface area (Å²) in [4.78, 5) is 11.7. The molecular formula is C15H20N2OS. The number of carbonyl (C=O) groups is 1. The van der Waals surface area contributed by atoms with Crippen LogP contribution in [0, 0.1) is 5.92 Å². The van der Waals surface area contributed by atoms with Gasteiger partial charge in [0.15, 0.2) is 0 Å². The molecule has 1 aliphatic carbocycles. The van der Waals surface area contributed by atoms with Gasteiger partial charge in [-0.15, -0.1) is 0 Å². The third kappa shape index (κ3) is 3.66. The van der Waals surface area contributed by atoms with Gasteiger partial charge in [0.05, 0.1) is 0 Å². The lowest BCUT2D eigenvalue weighted by molar-refractivity contribution is -0.117. The van der Waals surface area contributed by atoms with Crippen molar-refractivity contribution in [2.24, 2.45) is 5.92 Å². The average molecular weight is 276 g/mol. The van der Waals surface area contributed by atoms with Crippen molar-refractivity contribution in [3.63, 3.8) is 0 Å². The summed E-state index contributed by atoms with van der Waals surface area (Å²) in [6.45, 7) is 0. The van der Waals surface area contributed by atoms with Crippen molar-refractivity contribution in [3.8, 4) is 0 Å². The van der Waals surface area contributed by atoms with E-state index in [2.05, 4.69) is 16.7 Å². The molecule has 19 heavy (non-hydrogen) atoms. The van der Waals surface area contributed by atoms with Crippen LogP contribution in [0.5, 0.6) is 0 Å². The van der Waals surface area contributed by atoms with Crippen LogP contribution in [-0.2, 0) is 4.79 Å². The zero-order valence-electron chi connectivity index (χ0n) is 11.0. The predicted octanol–water partition coefficient (Wildman–Crippen LogP) is 3.34. The first-order valence-electron chi connectivity index (χ1n) is 7.06. The van der Waals surface area contributed by atoms with Gasteiger partial charge in [0.1, 0.15) is 0 Å². The molecule has 0 radical (unpaired) electrons. The van der Waals surface area contributed by atoms with E-state index in [-0.39, 0.29) is 11.8 Å². The summed E-state index contributed by atoms with van der Waals surface area (Å²) >= 11 is 2.02. The average Bonchev–Trinajstić information content (AvgIpc) is 3.24. The van der Waals surface area contributed by atoms with E-state index < -0.39 is 0 Å². The summed E-state index contributed by atoms with van der Waals surface area (Å²) in [6, 6.07) is 8.64. The molecule has 1 heterocycles. The van der Waals surface area contributed by atoms with Crippen LogP contribution < -0.4 is 10.6 Å². The molecular weight excluding hydrogens is 256 g/mol. The smallest absolute Gasteiger partial charge is 0.227 e. The fourth-order valence-corrected chi connectivity index (χ4v) is 3.44. The molecule has 0 bridgehead atoms. The van der Waals surface area contributed by atoms with E-state index in [4.69, 9.17) is 0 Å². The highest BCUT2D eigenvalue weighted by atomic mass is 32.2. The summed E-state index contributed by atoms with van der Waals surface area (Å²) in [5, 5.41) is 6.56. The van der Waals surface area contributed by atoms with Crippen LogP contribution in [-0.4, -0.2) is 23.5 Å². The molecule has 2 aliphatic rings. The summed E-state index contributed by atoms with van der Waals surface area (Å²) in [5.74, 6) is 2.89. The second kappa shape index (κ2) is 5.87. The Balaban J connectivity index is 1.60. The van der Waals surface area contributed by atoms with Crippen molar-refractivity contribution in [3.05, 3.63) is 24.3 Å². The van der Waals surface area contributed by atoms with E-state index in [9.17, 15) is 4.79 Å². The van der Waals surface area contributed by atoms with Crippen molar-refractivity contribution in [1.82, 2.24) is 0 Å². The molecule has 2 N–H and O–H groups in total. The van der Waals surface area contributed by atoms with E-state index >= 15 is 0 Å². The number of amides is 1. The molecule has 4 heteroatoms. The topological polar surface area (TPSA) is 41.1 Å². The third-order valence-electron chi connectivity index (χ3n) is 3.61. The van der Waals surface area contributed by atoms with Gasteiger partial charge in [0.2, 0.25) is 5.91 Å². The number of anilines is 2. The Hall–Kier alpha value is -1.16. The first kappa shape index (κ1) is 12.9. The standard InChI is InChI=1S/C15H20N2OS/c18-15(11-6-7-11)17-13-4-1-3-12(9-13)16-14-5-2-8-19-10-14/h1,3-4,9,11,14,16H,2,5-8,10H2,(H,17,18). The lowest BCUT2D eigenvalue weighted by atomic mass is 10.1. The number of carbonyl (C=O) groups excluding carboxylic acids is 1. The molecule has 2 fully saturated rings. The number of benzene rings is 1. The van der Waals surface area contributed by atoms with Gasteiger partial charge in [0, 0.05) is 29.1 Å². The maximum absolute atomic E-state index is 11.7. The molecule has 102 valence electrons. The molecule has 3 rings (SSSR count). The molecule has 1 aromatic carbocycles. The SMILES string of the molecule is O=C(Nc1cccc(NC2CCCSC2)c1)C1CC1. The second-order valence-electron chi connectivity index (χ2n) is 5.40. The van der Waals surface area contributed by atoms with Crippen molar-refractivity contribution in [2.45, 2.75) is 31.7 Å². The van der Waals surface area contributed by atoms with Gasteiger partial charge in [-0.2, -0.15) is 11.8 Å². The van der Waals surface area contributed by atoms with Crippen molar-refractivity contribution >= 4 is 29.0 Å². The Morgan fingerprint density at radius 1 is 1.21 bits per heavy atom. The summed E-state index contributed by atoms with van der Waals surface area (Å²) in [5.41, 5.74) is 2.02. The highest BCUT2D eigenvalue weighted by Crippen LogP contribution is 2.30. The molecule has 0 spiro atoms. The number of hydrogen-bond donors (Lipinski definition) is 2. The first-order valence-corrected chi connectivity index (χ1v) is 8.22. The van der Waals surface area contributed by atoms with Crippen LogP contribution in [0.4, 0.5) is 11.4 Å². The summed E-state index contributed by atoms with van der Waals surface area (Å²) < 4.78 is 0. The zero-order chi connectivity index (χ0) is 13.1. The minimum Gasteiger partial charge on any atom is -0.381 e. The molecule has 1 aliphatic heterocycles. The van der Waals surface area contributed by atoms with E-state index in [0.717, 1.165) is 24.2 Å². The third-order valence-corrected chi connectivity index (χ3v) is 4.82. The molecule has 0 aromatic heterocycles. The fraction of sp³-hybridized carbons (Fsp3) is 0.533. The Bertz CT molecular complexity index is 453. The largest absolute Gasteiger partial charge is 0.381 e. The van der Waals surface area contributed by atoms with Crippen LogP contribution in [0.25, 0.3) is 0 Å².